The van der Waals surface area contributed by atoms with E-state index < -0.39 is 5.97 Å². The Kier molecular flexibility index (Phi) is 4.43. The number of allylic oxidation sites excluding steroid dienone is 1. The van der Waals surface area contributed by atoms with Gasteiger partial charge >= 0.3 is 5.97 Å². The molecule has 0 radical (unpaired) electrons. The molecule has 0 heterocycles. The van der Waals surface area contributed by atoms with Gasteiger partial charge in [-0.05, 0) is 26.0 Å². The van der Waals surface area contributed by atoms with Crippen LogP contribution in [0.5, 0.6) is 0 Å². The summed E-state index contributed by atoms with van der Waals surface area (Å²) in [4.78, 5) is 11.7. The zero-order valence-electron chi connectivity index (χ0n) is 8.86. The highest BCUT2D eigenvalue weighted by molar-refractivity contribution is 7.99. The molecule has 1 aromatic carbocycles. The van der Waals surface area contributed by atoms with Crippen molar-refractivity contribution in [3.05, 3.63) is 41.5 Å². The molecule has 0 aliphatic heterocycles. The van der Waals surface area contributed by atoms with Crippen molar-refractivity contribution >= 4 is 17.7 Å². The predicted molar refractivity (Wildman–Crippen MR) is 63.6 cm³/mol. The first-order valence-electron chi connectivity index (χ1n) is 4.69. The zero-order chi connectivity index (χ0) is 11.3. The van der Waals surface area contributed by atoms with E-state index in [1.54, 1.807) is 23.9 Å². The summed E-state index contributed by atoms with van der Waals surface area (Å²) in [5, 5.41) is 8.95. The molecule has 0 saturated heterocycles. The summed E-state index contributed by atoms with van der Waals surface area (Å²) in [5.41, 5.74) is 1.62. The molecule has 15 heavy (non-hydrogen) atoms. The van der Waals surface area contributed by atoms with Crippen molar-refractivity contribution in [3.8, 4) is 0 Å². The normalized spacial score (nSPS) is 9.73. The molecule has 0 atom stereocenters. The first-order chi connectivity index (χ1) is 7.11. The maximum absolute atomic E-state index is 10.9. The van der Waals surface area contributed by atoms with Crippen molar-refractivity contribution < 1.29 is 9.90 Å². The lowest BCUT2D eigenvalue weighted by Gasteiger charge is -2.03. The summed E-state index contributed by atoms with van der Waals surface area (Å²) in [6.07, 6.45) is 2.09. The van der Waals surface area contributed by atoms with Gasteiger partial charge in [-0.25, -0.2) is 4.79 Å². The second kappa shape index (κ2) is 5.61. The highest BCUT2D eigenvalue weighted by atomic mass is 32.2. The van der Waals surface area contributed by atoms with Crippen LogP contribution in [0.25, 0.3) is 0 Å². The number of rotatable bonds is 4. The van der Waals surface area contributed by atoms with Crippen molar-refractivity contribution in [1.29, 1.82) is 0 Å². The molecule has 80 valence electrons. The van der Waals surface area contributed by atoms with Gasteiger partial charge in [0, 0.05) is 10.6 Å². The zero-order valence-corrected chi connectivity index (χ0v) is 9.67. The topological polar surface area (TPSA) is 37.3 Å². The molecule has 2 nitrogen and oxygen atoms in total. The lowest BCUT2D eigenvalue weighted by atomic mass is 10.2. The van der Waals surface area contributed by atoms with Crippen LogP contribution in [0.15, 0.2) is 40.8 Å². The lowest BCUT2D eigenvalue weighted by Crippen LogP contribution is -1.98. The fourth-order valence-corrected chi connectivity index (χ4v) is 2.15. The van der Waals surface area contributed by atoms with Gasteiger partial charge in [-0.1, -0.05) is 23.8 Å². The SMILES string of the molecule is CC(C)=CCSc1ccccc1C(=O)O. The van der Waals surface area contributed by atoms with Crippen LogP contribution in [0.4, 0.5) is 0 Å². The van der Waals surface area contributed by atoms with Crippen LogP contribution in [-0.2, 0) is 0 Å². The number of carbonyl (C=O) groups is 1. The predicted octanol–water partition coefficient (Wildman–Crippen LogP) is 3.44. The summed E-state index contributed by atoms with van der Waals surface area (Å²) in [5.74, 6) is -0.0533. The third kappa shape index (κ3) is 3.80. The minimum absolute atomic E-state index is 0.379. The molecule has 0 aromatic heterocycles. The smallest absolute Gasteiger partial charge is 0.336 e. The van der Waals surface area contributed by atoms with Crippen molar-refractivity contribution in [1.82, 2.24) is 0 Å². The minimum atomic E-state index is -0.865. The number of benzene rings is 1. The standard InChI is InChI=1S/C12H14O2S/c1-9(2)7-8-15-11-6-4-3-5-10(11)12(13)14/h3-7H,8H2,1-2H3,(H,13,14). The molecule has 0 aliphatic carbocycles. The van der Waals surface area contributed by atoms with Crippen LogP contribution in [0, 0.1) is 0 Å². The minimum Gasteiger partial charge on any atom is -0.478 e. The van der Waals surface area contributed by atoms with Crippen LogP contribution in [-0.4, -0.2) is 16.8 Å². The number of carboxylic acid groups (broad SMARTS) is 1. The van der Waals surface area contributed by atoms with E-state index in [4.69, 9.17) is 5.11 Å². The van der Waals surface area contributed by atoms with Crippen LogP contribution < -0.4 is 0 Å². The number of thioether (sulfide) groups is 1. The summed E-state index contributed by atoms with van der Waals surface area (Å²) in [6, 6.07) is 7.08. The molecule has 1 rings (SSSR count). The molecule has 1 aromatic rings. The molecule has 0 fully saturated rings. The molecule has 0 spiro atoms. The molecular formula is C12H14O2S. The highest BCUT2D eigenvalue weighted by Crippen LogP contribution is 2.22. The van der Waals surface area contributed by atoms with Gasteiger partial charge in [0.25, 0.3) is 0 Å². The second-order valence-electron chi connectivity index (χ2n) is 3.39. The Labute approximate surface area is 94.0 Å². The number of hydrogen-bond donors (Lipinski definition) is 1. The fraction of sp³-hybridized carbons (Fsp3) is 0.250. The van der Waals surface area contributed by atoms with E-state index in [0.717, 1.165) is 10.6 Å². The Morgan fingerprint density at radius 2 is 2.07 bits per heavy atom. The van der Waals surface area contributed by atoms with E-state index in [0.29, 0.717) is 5.56 Å². The molecule has 0 saturated carbocycles. The van der Waals surface area contributed by atoms with Gasteiger partial charge in [0.2, 0.25) is 0 Å². The summed E-state index contributed by atoms with van der Waals surface area (Å²) in [6.45, 7) is 4.06. The van der Waals surface area contributed by atoms with Crippen molar-refractivity contribution in [2.75, 3.05) is 5.75 Å². The van der Waals surface area contributed by atoms with Crippen LogP contribution in [0.1, 0.15) is 24.2 Å². The largest absolute Gasteiger partial charge is 0.478 e. The maximum Gasteiger partial charge on any atom is 0.336 e. The monoisotopic (exact) mass is 222 g/mol. The van der Waals surface area contributed by atoms with E-state index in [1.807, 2.05) is 26.0 Å². The van der Waals surface area contributed by atoms with Gasteiger partial charge in [0.05, 0.1) is 5.56 Å². The maximum atomic E-state index is 10.9. The number of carboxylic acids is 1. The third-order valence-corrected chi connectivity index (χ3v) is 2.85. The molecule has 3 heteroatoms. The average Bonchev–Trinajstić information content (AvgIpc) is 2.17. The molecular weight excluding hydrogens is 208 g/mol. The first kappa shape index (κ1) is 11.9. The fourth-order valence-electron chi connectivity index (χ4n) is 1.07. The highest BCUT2D eigenvalue weighted by Gasteiger charge is 2.07. The van der Waals surface area contributed by atoms with E-state index in [1.165, 1.54) is 5.57 Å². The lowest BCUT2D eigenvalue weighted by molar-refractivity contribution is 0.0693. The second-order valence-corrected chi connectivity index (χ2v) is 4.46. The van der Waals surface area contributed by atoms with Crippen LogP contribution >= 0.6 is 11.8 Å². The molecule has 1 N–H and O–H groups in total. The third-order valence-electron chi connectivity index (χ3n) is 1.85. The Bertz CT molecular complexity index is 379. The van der Waals surface area contributed by atoms with E-state index in [-0.39, 0.29) is 0 Å². The Balaban J connectivity index is 2.76. The Hall–Kier alpha value is -1.22. The van der Waals surface area contributed by atoms with Crippen molar-refractivity contribution in [3.63, 3.8) is 0 Å². The quantitative estimate of drug-likeness (QED) is 0.626. The van der Waals surface area contributed by atoms with Crippen molar-refractivity contribution in [2.45, 2.75) is 18.7 Å². The average molecular weight is 222 g/mol. The number of hydrogen-bond acceptors (Lipinski definition) is 2. The first-order valence-corrected chi connectivity index (χ1v) is 5.68. The summed E-state index contributed by atoms with van der Waals surface area (Å²) < 4.78 is 0. The Morgan fingerprint density at radius 1 is 1.40 bits per heavy atom. The molecule has 0 amide bonds. The van der Waals surface area contributed by atoms with Crippen LogP contribution in [0.2, 0.25) is 0 Å². The van der Waals surface area contributed by atoms with Gasteiger partial charge in [0.1, 0.15) is 0 Å². The molecule has 0 aliphatic rings. The van der Waals surface area contributed by atoms with E-state index >= 15 is 0 Å². The van der Waals surface area contributed by atoms with Crippen molar-refractivity contribution in [2.24, 2.45) is 0 Å². The molecule has 0 unspecified atom stereocenters. The van der Waals surface area contributed by atoms with Gasteiger partial charge in [0.15, 0.2) is 0 Å². The summed E-state index contributed by atoms with van der Waals surface area (Å²) in [7, 11) is 0. The van der Waals surface area contributed by atoms with Crippen LogP contribution in [0.3, 0.4) is 0 Å². The van der Waals surface area contributed by atoms with Gasteiger partial charge < -0.3 is 5.11 Å². The summed E-state index contributed by atoms with van der Waals surface area (Å²) >= 11 is 1.55. The Morgan fingerprint density at radius 3 is 2.67 bits per heavy atom. The van der Waals surface area contributed by atoms with Gasteiger partial charge in [-0.2, -0.15) is 0 Å². The van der Waals surface area contributed by atoms with E-state index in [9.17, 15) is 4.79 Å². The number of aromatic carboxylic acids is 1. The van der Waals surface area contributed by atoms with Gasteiger partial charge in [-0.15, -0.1) is 11.8 Å². The van der Waals surface area contributed by atoms with Gasteiger partial charge in [-0.3, -0.25) is 0 Å². The molecule has 0 bridgehead atoms. The van der Waals surface area contributed by atoms with E-state index in [2.05, 4.69) is 6.08 Å².